The molecule has 0 aliphatic carbocycles. The molecule has 1 aromatic heterocycles. The summed E-state index contributed by atoms with van der Waals surface area (Å²) < 4.78 is 0. The zero-order chi connectivity index (χ0) is 27.3. The summed E-state index contributed by atoms with van der Waals surface area (Å²) in [5.41, 5.74) is 9.79. The van der Waals surface area contributed by atoms with E-state index in [2.05, 4.69) is 151 Å². The quantitative estimate of drug-likeness (QED) is 0.173. The van der Waals surface area contributed by atoms with Gasteiger partial charge in [0.05, 0.1) is 0 Å². The van der Waals surface area contributed by atoms with Crippen LogP contribution in [0.4, 0.5) is 0 Å². The number of rotatable bonds is 4. The normalized spacial score (nSPS) is 11.6. The van der Waals surface area contributed by atoms with E-state index in [1.807, 2.05) is 11.8 Å². The van der Waals surface area contributed by atoms with Crippen molar-refractivity contribution in [1.29, 1.82) is 0 Å². The van der Waals surface area contributed by atoms with E-state index in [1.165, 1.54) is 70.6 Å². The van der Waals surface area contributed by atoms with Gasteiger partial charge in [0.1, 0.15) is 0 Å². The molecule has 0 aliphatic rings. The Morgan fingerprint density at radius 1 is 0.439 bits per heavy atom. The Morgan fingerprint density at radius 3 is 1.68 bits per heavy atom. The van der Waals surface area contributed by atoms with Gasteiger partial charge < -0.3 is 4.98 Å². The molecule has 8 rings (SSSR count). The zero-order valence-corrected chi connectivity index (χ0v) is 23.5. The van der Waals surface area contributed by atoms with Gasteiger partial charge in [0.2, 0.25) is 0 Å². The van der Waals surface area contributed by atoms with Gasteiger partial charge in [0, 0.05) is 32.3 Å². The fourth-order valence-corrected chi connectivity index (χ4v) is 7.25. The van der Waals surface area contributed by atoms with Crippen LogP contribution in [0.25, 0.3) is 76.7 Å². The lowest BCUT2D eigenvalue weighted by Crippen LogP contribution is -1.91. The predicted molar refractivity (Wildman–Crippen MR) is 179 cm³/mol. The molecule has 0 fully saturated rings. The van der Waals surface area contributed by atoms with Crippen molar-refractivity contribution in [3.8, 4) is 33.4 Å². The minimum Gasteiger partial charge on any atom is -0.354 e. The zero-order valence-electron chi connectivity index (χ0n) is 22.7. The molecule has 0 saturated carbocycles. The van der Waals surface area contributed by atoms with E-state index in [-0.39, 0.29) is 0 Å². The molecule has 1 heterocycles. The third kappa shape index (κ3) is 3.87. The van der Waals surface area contributed by atoms with E-state index in [0.717, 1.165) is 11.0 Å². The minimum atomic E-state index is 1.16. The van der Waals surface area contributed by atoms with Crippen molar-refractivity contribution in [1.82, 2.24) is 4.98 Å². The van der Waals surface area contributed by atoms with Gasteiger partial charge >= 0.3 is 0 Å². The number of H-pyrrole nitrogens is 1. The second-order valence-corrected chi connectivity index (χ2v) is 11.4. The van der Waals surface area contributed by atoms with Crippen LogP contribution in [0.5, 0.6) is 0 Å². The summed E-state index contributed by atoms with van der Waals surface area (Å²) >= 11 is 1.84. The molecule has 1 nitrogen and oxygen atoms in total. The van der Waals surface area contributed by atoms with Crippen molar-refractivity contribution in [3.05, 3.63) is 140 Å². The van der Waals surface area contributed by atoms with E-state index in [0.29, 0.717) is 0 Å². The number of nitrogens with one attached hydrogen (secondary N) is 1. The molecule has 0 unspecified atom stereocenters. The lowest BCUT2D eigenvalue weighted by atomic mass is 9.89. The van der Waals surface area contributed by atoms with Crippen LogP contribution in [-0.4, -0.2) is 11.2 Å². The fraction of sp³-hybridized carbons (Fsp3) is 0.0256. The van der Waals surface area contributed by atoms with Gasteiger partial charge in [0.15, 0.2) is 0 Å². The Hall–Kier alpha value is -4.79. The van der Waals surface area contributed by atoms with Gasteiger partial charge in [-0.2, -0.15) is 0 Å². The molecule has 0 bridgehead atoms. The lowest BCUT2D eigenvalue weighted by molar-refractivity contribution is 1.52. The summed E-state index contributed by atoms with van der Waals surface area (Å²) in [5.74, 6) is 0. The Kier molecular flexibility index (Phi) is 5.68. The summed E-state index contributed by atoms with van der Waals surface area (Å²) in [6.07, 6.45) is 2.21. The Morgan fingerprint density at radius 2 is 0.976 bits per heavy atom. The maximum atomic E-state index is 3.75. The summed E-state index contributed by atoms with van der Waals surface area (Å²) in [6.45, 7) is 0. The van der Waals surface area contributed by atoms with Crippen molar-refractivity contribution >= 4 is 55.1 Å². The van der Waals surface area contributed by atoms with Crippen molar-refractivity contribution < 1.29 is 0 Å². The third-order valence-electron chi connectivity index (χ3n) is 8.29. The minimum absolute atomic E-state index is 1.16. The Balaban J connectivity index is 1.46. The van der Waals surface area contributed by atoms with E-state index in [1.54, 1.807) is 0 Å². The van der Waals surface area contributed by atoms with Crippen molar-refractivity contribution in [2.24, 2.45) is 0 Å². The summed E-state index contributed by atoms with van der Waals surface area (Å²) in [4.78, 5) is 5.07. The molecule has 2 heteroatoms. The maximum absolute atomic E-state index is 3.75. The summed E-state index contributed by atoms with van der Waals surface area (Å²) in [6, 6.07) is 50.7. The smallest absolute Gasteiger partial charge is 0.0477 e. The molecule has 8 aromatic rings. The van der Waals surface area contributed by atoms with E-state index >= 15 is 0 Å². The second-order valence-electron chi connectivity index (χ2n) is 10.6. The summed E-state index contributed by atoms with van der Waals surface area (Å²) in [5, 5.41) is 7.73. The molecule has 194 valence electrons. The monoisotopic (exact) mass is 541 g/mol. The van der Waals surface area contributed by atoms with E-state index in [9.17, 15) is 0 Å². The highest BCUT2D eigenvalue weighted by atomic mass is 32.2. The second kappa shape index (κ2) is 9.69. The predicted octanol–water partition coefficient (Wildman–Crippen LogP) is 11.4. The number of hydrogen-bond donors (Lipinski definition) is 1. The average Bonchev–Trinajstić information content (AvgIpc) is 3.43. The van der Waals surface area contributed by atoms with Gasteiger partial charge in [-0.15, -0.1) is 11.8 Å². The third-order valence-corrected chi connectivity index (χ3v) is 9.12. The first-order valence-electron chi connectivity index (χ1n) is 14.0. The molecular weight excluding hydrogens is 515 g/mol. The molecule has 1 N–H and O–H groups in total. The van der Waals surface area contributed by atoms with Crippen molar-refractivity contribution in [2.75, 3.05) is 6.26 Å². The first-order chi connectivity index (χ1) is 20.3. The maximum Gasteiger partial charge on any atom is 0.0477 e. The number of aromatic amines is 1. The molecule has 7 aromatic carbocycles. The van der Waals surface area contributed by atoms with Gasteiger partial charge in [-0.3, -0.25) is 0 Å². The molecule has 41 heavy (non-hydrogen) atoms. The molecule has 0 atom stereocenters. The molecule has 0 amide bonds. The first kappa shape index (κ1) is 24.0. The molecule has 0 radical (unpaired) electrons. The van der Waals surface area contributed by atoms with Gasteiger partial charge in [0.25, 0.3) is 0 Å². The standard InChI is InChI=1S/C39H27NS/c1-41-39-32-16-8-6-14-30(32)29-13-5-7-15-31(29)38(39)34-23-28(24-36-37(34)33-17-9-10-18-35(33)40-36)27-21-19-26(20-22-27)25-11-3-2-4-12-25/h2-24,40H,1H3. The Labute approximate surface area is 243 Å². The van der Waals surface area contributed by atoms with Crippen LogP contribution in [0.1, 0.15) is 0 Å². The number of fused-ring (bicyclic) bond motifs is 6. The highest BCUT2D eigenvalue weighted by Gasteiger charge is 2.20. The number of thioether (sulfide) groups is 1. The highest BCUT2D eigenvalue weighted by Crippen LogP contribution is 2.47. The van der Waals surface area contributed by atoms with Crippen LogP contribution in [0.3, 0.4) is 0 Å². The Bertz CT molecular complexity index is 2220. The SMILES string of the molecule is CSc1c(-c2cc(-c3ccc(-c4ccccc4)cc3)cc3[nH]c4ccccc4c23)c2ccccc2c2ccccc12. The number of para-hydroxylation sites is 1. The number of hydrogen-bond acceptors (Lipinski definition) is 1. The molecule has 0 aliphatic heterocycles. The van der Waals surface area contributed by atoms with Gasteiger partial charge in [-0.25, -0.2) is 0 Å². The van der Waals surface area contributed by atoms with Gasteiger partial charge in [-0.05, 0) is 73.8 Å². The average molecular weight is 542 g/mol. The van der Waals surface area contributed by atoms with Crippen LogP contribution in [0.2, 0.25) is 0 Å². The molecular formula is C39H27NS. The molecule has 0 saturated heterocycles. The van der Waals surface area contributed by atoms with Crippen LogP contribution in [0, 0.1) is 0 Å². The summed E-state index contributed by atoms with van der Waals surface area (Å²) in [7, 11) is 0. The fourth-order valence-electron chi connectivity index (χ4n) is 6.42. The van der Waals surface area contributed by atoms with E-state index < -0.39 is 0 Å². The number of aromatic nitrogens is 1. The topological polar surface area (TPSA) is 15.8 Å². The van der Waals surface area contributed by atoms with E-state index in [4.69, 9.17) is 0 Å². The first-order valence-corrected chi connectivity index (χ1v) is 15.2. The largest absolute Gasteiger partial charge is 0.354 e. The number of benzene rings is 7. The lowest BCUT2D eigenvalue weighted by Gasteiger charge is -2.18. The van der Waals surface area contributed by atoms with Crippen LogP contribution >= 0.6 is 11.8 Å². The van der Waals surface area contributed by atoms with Crippen LogP contribution in [0.15, 0.2) is 144 Å². The van der Waals surface area contributed by atoms with Crippen LogP contribution < -0.4 is 0 Å². The van der Waals surface area contributed by atoms with Crippen molar-refractivity contribution in [2.45, 2.75) is 4.90 Å². The van der Waals surface area contributed by atoms with Crippen LogP contribution in [-0.2, 0) is 0 Å². The van der Waals surface area contributed by atoms with Crippen molar-refractivity contribution in [3.63, 3.8) is 0 Å². The highest BCUT2D eigenvalue weighted by molar-refractivity contribution is 7.99. The molecule has 0 spiro atoms. The van der Waals surface area contributed by atoms with Gasteiger partial charge in [-0.1, -0.05) is 121 Å².